The molecule has 128 valence electrons. The summed E-state index contributed by atoms with van der Waals surface area (Å²) in [6.07, 6.45) is 1.79. The van der Waals surface area contributed by atoms with Gasteiger partial charge in [0.15, 0.2) is 5.78 Å². The second-order valence-electron chi connectivity index (χ2n) is 5.81. The number of urea groups is 1. The molecule has 1 aliphatic rings. The monoisotopic (exact) mass is 337 g/mol. The maximum atomic E-state index is 12.3. The zero-order chi connectivity index (χ0) is 17.6. The van der Waals surface area contributed by atoms with Crippen LogP contribution in [0, 0.1) is 0 Å². The first kappa shape index (κ1) is 16.7. The molecular weight excluding hydrogens is 318 g/mol. The molecule has 2 aromatic carbocycles. The van der Waals surface area contributed by atoms with Crippen LogP contribution in [0.1, 0.15) is 22.3 Å². The van der Waals surface area contributed by atoms with E-state index in [0.29, 0.717) is 17.8 Å². The number of ketones is 1. The third-order valence-corrected chi connectivity index (χ3v) is 4.13. The molecule has 3 amide bonds. The van der Waals surface area contributed by atoms with Gasteiger partial charge in [0, 0.05) is 36.4 Å². The Morgan fingerprint density at radius 1 is 1.12 bits per heavy atom. The van der Waals surface area contributed by atoms with Crippen molar-refractivity contribution in [3.05, 3.63) is 59.7 Å². The summed E-state index contributed by atoms with van der Waals surface area (Å²) >= 11 is 0. The molecule has 0 spiro atoms. The summed E-state index contributed by atoms with van der Waals surface area (Å²) in [5.74, 6) is -0.0348. The van der Waals surface area contributed by atoms with Crippen molar-refractivity contribution < 1.29 is 14.4 Å². The molecule has 1 aliphatic heterocycles. The van der Waals surface area contributed by atoms with Gasteiger partial charge in [-0.2, -0.15) is 0 Å². The number of amides is 3. The minimum absolute atomic E-state index is 0.0348. The third kappa shape index (κ3) is 4.03. The van der Waals surface area contributed by atoms with Gasteiger partial charge < -0.3 is 15.5 Å². The molecule has 0 saturated heterocycles. The van der Waals surface area contributed by atoms with E-state index in [1.807, 2.05) is 24.3 Å². The molecule has 6 nitrogen and oxygen atoms in total. The lowest BCUT2D eigenvalue weighted by atomic mass is 10.0. The average molecular weight is 337 g/mol. The lowest BCUT2D eigenvalue weighted by Gasteiger charge is -2.10. The zero-order valence-corrected chi connectivity index (χ0v) is 13.7. The van der Waals surface area contributed by atoms with Crippen LogP contribution in [0.4, 0.5) is 16.2 Å². The van der Waals surface area contributed by atoms with Crippen LogP contribution in [0.25, 0.3) is 0 Å². The number of hydrogen-bond donors (Lipinski definition) is 2. The van der Waals surface area contributed by atoms with Crippen molar-refractivity contribution in [2.75, 3.05) is 23.3 Å². The Morgan fingerprint density at radius 2 is 1.92 bits per heavy atom. The lowest BCUT2D eigenvalue weighted by molar-refractivity contribution is -0.107. The number of hydrogen-bond acceptors (Lipinski definition) is 3. The smallest absolute Gasteiger partial charge is 0.319 e. The Balaban J connectivity index is 1.50. The molecule has 0 aromatic heterocycles. The van der Waals surface area contributed by atoms with E-state index in [0.717, 1.165) is 24.1 Å². The van der Waals surface area contributed by atoms with Crippen molar-refractivity contribution in [1.29, 1.82) is 0 Å². The highest BCUT2D eigenvalue weighted by Crippen LogP contribution is 2.27. The van der Waals surface area contributed by atoms with E-state index < -0.39 is 0 Å². The van der Waals surface area contributed by atoms with Crippen molar-refractivity contribution in [3.8, 4) is 0 Å². The molecule has 6 heteroatoms. The standard InChI is InChI=1S/C19H19N3O3/c23-13-22-11-9-14-12-15(6-7-17(14)22)18(24)8-10-20-19(25)21-16-4-2-1-3-5-16/h1-7,12-13H,8-11H2,(H2,20,21,25). The van der Waals surface area contributed by atoms with Gasteiger partial charge >= 0.3 is 6.03 Å². The molecule has 0 unspecified atom stereocenters. The molecule has 2 N–H and O–H groups in total. The topological polar surface area (TPSA) is 78.5 Å². The van der Waals surface area contributed by atoms with E-state index in [9.17, 15) is 14.4 Å². The van der Waals surface area contributed by atoms with Gasteiger partial charge in [0.25, 0.3) is 0 Å². The maximum absolute atomic E-state index is 12.3. The predicted molar refractivity (Wildman–Crippen MR) is 96.0 cm³/mol. The number of nitrogens with zero attached hydrogens (tertiary/aromatic N) is 1. The Hall–Kier alpha value is -3.15. The fourth-order valence-electron chi connectivity index (χ4n) is 2.84. The number of benzene rings is 2. The molecule has 0 atom stereocenters. The van der Waals surface area contributed by atoms with Gasteiger partial charge in [0.05, 0.1) is 0 Å². The quantitative estimate of drug-likeness (QED) is 0.628. The van der Waals surface area contributed by atoms with Crippen molar-refractivity contribution in [3.63, 3.8) is 0 Å². The highest BCUT2D eigenvalue weighted by atomic mass is 16.2. The second kappa shape index (κ2) is 7.61. The number of fused-ring (bicyclic) bond motifs is 1. The largest absolute Gasteiger partial charge is 0.337 e. The van der Waals surface area contributed by atoms with Gasteiger partial charge in [-0.05, 0) is 42.3 Å². The SMILES string of the molecule is O=CN1CCc2cc(C(=O)CCNC(=O)Nc3ccccc3)ccc21. The van der Waals surface area contributed by atoms with E-state index in [1.165, 1.54) is 0 Å². The van der Waals surface area contributed by atoms with Crippen molar-refractivity contribution in [1.82, 2.24) is 5.32 Å². The fraction of sp³-hybridized carbons (Fsp3) is 0.211. The minimum atomic E-state index is -0.338. The van der Waals surface area contributed by atoms with Gasteiger partial charge in [-0.1, -0.05) is 18.2 Å². The molecule has 1 heterocycles. The van der Waals surface area contributed by atoms with Crippen LogP contribution in [0.15, 0.2) is 48.5 Å². The molecule has 0 aliphatic carbocycles. The molecule has 0 fully saturated rings. The van der Waals surface area contributed by atoms with E-state index in [-0.39, 0.29) is 24.8 Å². The summed E-state index contributed by atoms with van der Waals surface area (Å²) in [5, 5.41) is 5.38. The van der Waals surface area contributed by atoms with Crippen LogP contribution in [0.2, 0.25) is 0 Å². The van der Waals surface area contributed by atoms with Gasteiger partial charge in [0.2, 0.25) is 6.41 Å². The van der Waals surface area contributed by atoms with Gasteiger partial charge in [0.1, 0.15) is 0 Å². The summed E-state index contributed by atoms with van der Waals surface area (Å²) in [6.45, 7) is 0.909. The number of carbonyl (C=O) groups excluding carboxylic acids is 3. The first-order valence-electron chi connectivity index (χ1n) is 8.15. The number of carbonyl (C=O) groups is 3. The first-order chi connectivity index (χ1) is 12.2. The van der Waals surface area contributed by atoms with Crippen molar-refractivity contribution in [2.45, 2.75) is 12.8 Å². The van der Waals surface area contributed by atoms with E-state index in [1.54, 1.807) is 29.2 Å². The van der Waals surface area contributed by atoms with Crippen LogP contribution in [-0.4, -0.2) is 31.3 Å². The molecule has 2 aromatic rings. The Labute approximate surface area is 145 Å². The van der Waals surface area contributed by atoms with E-state index in [4.69, 9.17) is 0 Å². The minimum Gasteiger partial charge on any atom is -0.337 e. The van der Waals surface area contributed by atoms with Crippen LogP contribution in [0.5, 0.6) is 0 Å². The molecule has 0 radical (unpaired) electrons. The number of Topliss-reactive ketones (excluding diaryl/α,β-unsaturated/α-hetero) is 1. The molecular formula is C19H19N3O3. The molecule has 3 rings (SSSR count). The summed E-state index contributed by atoms with van der Waals surface area (Å²) < 4.78 is 0. The Kier molecular flexibility index (Phi) is 5.09. The predicted octanol–water partition coefficient (Wildman–Crippen LogP) is 2.60. The summed E-state index contributed by atoms with van der Waals surface area (Å²) in [7, 11) is 0. The van der Waals surface area contributed by atoms with E-state index in [2.05, 4.69) is 10.6 Å². The first-order valence-corrected chi connectivity index (χ1v) is 8.15. The summed E-state index contributed by atoms with van der Waals surface area (Å²) in [5.41, 5.74) is 3.18. The molecule has 0 bridgehead atoms. The third-order valence-electron chi connectivity index (χ3n) is 4.13. The van der Waals surface area contributed by atoms with Crippen LogP contribution in [-0.2, 0) is 11.2 Å². The number of rotatable bonds is 6. The molecule has 0 saturated carbocycles. The summed E-state index contributed by atoms with van der Waals surface area (Å²) in [4.78, 5) is 36.6. The fourth-order valence-corrected chi connectivity index (χ4v) is 2.84. The zero-order valence-electron chi connectivity index (χ0n) is 13.7. The van der Waals surface area contributed by atoms with Crippen molar-refractivity contribution in [2.24, 2.45) is 0 Å². The molecule has 25 heavy (non-hydrogen) atoms. The Bertz CT molecular complexity index is 790. The van der Waals surface area contributed by atoms with Gasteiger partial charge in [-0.15, -0.1) is 0 Å². The maximum Gasteiger partial charge on any atom is 0.319 e. The van der Waals surface area contributed by atoms with Crippen LogP contribution < -0.4 is 15.5 Å². The van der Waals surface area contributed by atoms with Gasteiger partial charge in [-0.3, -0.25) is 9.59 Å². The number of para-hydroxylation sites is 1. The van der Waals surface area contributed by atoms with E-state index >= 15 is 0 Å². The van der Waals surface area contributed by atoms with Crippen LogP contribution >= 0.6 is 0 Å². The van der Waals surface area contributed by atoms with Gasteiger partial charge in [-0.25, -0.2) is 4.79 Å². The normalized spacial score (nSPS) is 12.4. The number of nitrogens with one attached hydrogen (secondary N) is 2. The summed E-state index contributed by atoms with van der Waals surface area (Å²) in [6, 6.07) is 14.1. The van der Waals surface area contributed by atoms with Crippen molar-refractivity contribution >= 4 is 29.6 Å². The average Bonchev–Trinajstić information content (AvgIpc) is 3.04. The lowest BCUT2D eigenvalue weighted by Crippen LogP contribution is -2.30. The number of anilines is 2. The van der Waals surface area contributed by atoms with Crippen LogP contribution in [0.3, 0.4) is 0 Å². The second-order valence-corrected chi connectivity index (χ2v) is 5.81. The Morgan fingerprint density at radius 3 is 2.68 bits per heavy atom. The highest BCUT2D eigenvalue weighted by molar-refractivity contribution is 5.98. The highest BCUT2D eigenvalue weighted by Gasteiger charge is 2.19.